The molecule has 0 aromatic heterocycles. The average Bonchev–Trinajstić information content (AvgIpc) is 2.35. The summed E-state index contributed by atoms with van der Waals surface area (Å²) in [6.45, 7) is 4.78. The molecule has 92 valence electrons. The number of carbonyl (C=O) groups excluding carboxylic acids is 1. The van der Waals surface area contributed by atoms with Crippen LogP contribution in [0.1, 0.15) is 29.8 Å². The number of nitrogens with two attached hydrogens (primary N) is 1. The van der Waals surface area contributed by atoms with Crippen molar-refractivity contribution in [1.29, 1.82) is 0 Å². The molecule has 0 saturated heterocycles. The first-order chi connectivity index (χ1) is 8.08. The molecule has 3 heteroatoms. The van der Waals surface area contributed by atoms with Gasteiger partial charge in [-0.25, -0.2) is 4.79 Å². The van der Waals surface area contributed by atoms with Crippen molar-refractivity contribution in [3.8, 4) is 0 Å². The maximum Gasteiger partial charge on any atom is 0.337 e. The number of benzene rings is 1. The molecule has 0 spiro atoms. The van der Waals surface area contributed by atoms with E-state index in [1.807, 2.05) is 12.1 Å². The first-order valence-electron chi connectivity index (χ1n) is 5.67. The number of methoxy groups -OCH3 is 1. The van der Waals surface area contributed by atoms with Crippen molar-refractivity contribution in [3.05, 3.63) is 41.0 Å². The van der Waals surface area contributed by atoms with E-state index in [1.165, 1.54) is 12.7 Å². The summed E-state index contributed by atoms with van der Waals surface area (Å²) in [6, 6.07) is 7.30. The van der Waals surface area contributed by atoms with Gasteiger partial charge >= 0.3 is 5.97 Å². The molecule has 0 heterocycles. The minimum atomic E-state index is -0.316. The van der Waals surface area contributed by atoms with Gasteiger partial charge in [0.2, 0.25) is 0 Å². The monoisotopic (exact) mass is 233 g/mol. The molecular weight excluding hydrogens is 214 g/mol. The third kappa shape index (κ3) is 3.71. The first kappa shape index (κ1) is 13.5. The van der Waals surface area contributed by atoms with Crippen LogP contribution in [0.3, 0.4) is 0 Å². The summed E-state index contributed by atoms with van der Waals surface area (Å²) < 4.78 is 4.64. The van der Waals surface area contributed by atoms with Gasteiger partial charge in [0, 0.05) is 6.54 Å². The number of esters is 1. The van der Waals surface area contributed by atoms with Gasteiger partial charge in [-0.15, -0.1) is 0 Å². The lowest BCUT2D eigenvalue weighted by Crippen LogP contribution is -2.08. The van der Waals surface area contributed by atoms with E-state index >= 15 is 0 Å². The van der Waals surface area contributed by atoms with Gasteiger partial charge in [0.25, 0.3) is 0 Å². The predicted molar refractivity (Wildman–Crippen MR) is 69.7 cm³/mol. The number of hydrogen-bond donors (Lipinski definition) is 1. The molecule has 0 unspecified atom stereocenters. The third-order valence-electron chi connectivity index (χ3n) is 2.66. The van der Waals surface area contributed by atoms with E-state index in [0.717, 1.165) is 5.56 Å². The lowest BCUT2D eigenvalue weighted by atomic mass is 10.00. The van der Waals surface area contributed by atoms with E-state index in [9.17, 15) is 4.79 Å². The number of carbonyl (C=O) groups is 1. The Labute approximate surface area is 102 Å². The van der Waals surface area contributed by atoms with Crippen LogP contribution in [-0.4, -0.2) is 19.6 Å². The standard InChI is InChI=1S/C14H19NO2/c1-10(2)13(9-15)8-11-4-6-12(7-5-11)14(16)17-3/h4-8,10H,9,15H2,1-3H3. The van der Waals surface area contributed by atoms with Crippen molar-refractivity contribution in [3.63, 3.8) is 0 Å². The second-order valence-electron chi connectivity index (χ2n) is 4.19. The van der Waals surface area contributed by atoms with Gasteiger partial charge in [0.05, 0.1) is 12.7 Å². The number of ether oxygens (including phenoxy) is 1. The fourth-order valence-electron chi connectivity index (χ4n) is 1.51. The molecule has 2 N–H and O–H groups in total. The highest BCUT2D eigenvalue weighted by molar-refractivity contribution is 5.89. The molecule has 3 nitrogen and oxygen atoms in total. The van der Waals surface area contributed by atoms with Crippen LogP contribution in [0.15, 0.2) is 29.8 Å². The minimum absolute atomic E-state index is 0.316. The SMILES string of the molecule is COC(=O)c1ccc(C=C(CN)C(C)C)cc1. The van der Waals surface area contributed by atoms with E-state index in [2.05, 4.69) is 24.7 Å². The topological polar surface area (TPSA) is 52.3 Å². The van der Waals surface area contributed by atoms with Gasteiger partial charge < -0.3 is 10.5 Å². The van der Waals surface area contributed by atoms with Crippen LogP contribution < -0.4 is 5.73 Å². The highest BCUT2D eigenvalue weighted by atomic mass is 16.5. The molecule has 1 aromatic carbocycles. The Morgan fingerprint density at radius 3 is 2.35 bits per heavy atom. The molecule has 0 radical (unpaired) electrons. The summed E-state index contributed by atoms with van der Waals surface area (Å²) in [6.07, 6.45) is 2.06. The van der Waals surface area contributed by atoms with Crippen molar-refractivity contribution in [2.75, 3.05) is 13.7 Å². The van der Waals surface area contributed by atoms with E-state index in [-0.39, 0.29) is 5.97 Å². The zero-order valence-electron chi connectivity index (χ0n) is 10.6. The molecule has 0 aliphatic heterocycles. The molecule has 1 aromatic rings. The van der Waals surface area contributed by atoms with Crippen molar-refractivity contribution >= 4 is 12.0 Å². The van der Waals surface area contributed by atoms with Crippen LogP contribution in [0.5, 0.6) is 0 Å². The van der Waals surface area contributed by atoms with Gasteiger partial charge in [0.15, 0.2) is 0 Å². The van der Waals surface area contributed by atoms with Crippen LogP contribution in [0.2, 0.25) is 0 Å². The Bertz CT molecular complexity index is 405. The predicted octanol–water partition coefficient (Wildman–Crippen LogP) is 2.47. The summed E-state index contributed by atoms with van der Waals surface area (Å²) in [4.78, 5) is 11.3. The largest absolute Gasteiger partial charge is 0.465 e. The van der Waals surface area contributed by atoms with Gasteiger partial charge in [0.1, 0.15) is 0 Å². The number of hydrogen-bond acceptors (Lipinski definition) is 3. The molecule has 0 amide bonds. The Morgan fingerprint density at radius 1 is 1.35 bits per heavy atom. The Hall–Kier alpha value is -1.61. The van der Waals surface area contributed by atoms with Gasteiger partial charge in [-0.2, -0.15) is 0 Å². The fourth-order valence-corrected chi connectivity index (χ4v) is 1.51. The third-order valence-corrected chi connectivity index (χ3v) is 2.66. The zero-order valence-corrected chi connectivity index (χ0v) is 10.6. The second-order valence-corrected chi connectivity index (χ2v) is 4.19. The lowest BCUT2D eigenvalue weighted by molar-refractivity contribution is 0.0601. The van der Waals surface area contributed by atoms with Crippen LogP contribution in [0.25, 0.3) is 6.08 Å². The number of rotatable bonds is 4. The maximum atomic E-state index is 11.3. The van der Waals surface area contributed by atoms with E-state index in [1.54, 1.807) is 12.1 Å². The fraction of sp³-hybridized carbons (Fsp3) is 0.357. The molecule has 0 atom stereocenters. The lowest BCUT2D eigenvalue weighted by Gasteiger charge is -2.08. The summed E-state index contributed by atoms with van der Waals surface area (Å²) in [7, 11) is 1.38. The van der Waals surface area contributed by atoms with Gasteiger partial charge in [-0.1, -0.05) is 37.6 Å². The summed E-state index contributed by atoms with van der Waals surface area (Å²) in [5, 5.41) is 0. The molecule has 1 rings (SSSR count). The van der Waals surface area contributed by atoms with Gasteiger partial charge in [-0.3, -0.25) is 0 Å². The Kier molecular flexibility index (Phi) is 4.91. The highest BCUT2D eigenvalue weighted by Crippen LogP contribution is 2.14. The quantitative estimate of drug-likeness (QED) is 0.813. The zero-order chi connectivity index (χ0) is 12.8. The molecule has 0 fully saturated rings. The molecule has 0 aliphatic carbocycles. The minimum Gasteiger partial charge on any atom is -0.465 e. The Balaban J connectivity index is 2.91. The summed E-state index contributed by atoms with van der Waals surface area (Å²) in [5.41, 5.74) is 8.48. The average molecular weight is 233 g/mol. The summed E-state index contributed by atoms with van der Waals surface area (Å²) in [5.74, 6) is 0.115. The molecule has 17 heavy (non-hydrogen) atoms. The molecular formula is C14H19NO2. The van der Waals surface area contributed by atoms with Crippen LogP contribution in [0, 0.1) is 5.92 Å². The van der Waals surface area contributed by atoms with Crippen LogP contribution in [0.4, 0.5) is 0 Å². The van der Waals surface area contributed by atoms with Crippen LogP contribution in [-0.2, 0) is 4.74 Å². The van der Waals surface area contributed by atoms with Crippen LogP contribution >= 0.6 is 0 Å². The smallest absolute Gasteiger partial charge is 0.337 e. The van der Waals surface area contributed by atoms with Crippen molar-refractivity contribution < 1.29 is 9.53 Å². The van der Waals surface area contributed by atoms with Crippen molar-refractivity contribution in [1.82, 2.24) is 0 Å². The summed E-state index contributed by atoms with van der Waals surface area (Å²) >= 11 is 0. The van der Waals surface area contributed by atoms with E-state index < -0.39 is 0 Å². The maximum absolute atomic E-state index is 11.3. The van der Waals surface area contributed by atoms with Crippen molar-refractivity contribution in [2.45, 2.75) is 13.8 Å². The Morgan fingerprint density at radius 2 is 1.94 bits per heavy atom. The normalized spacial score (nSPS) is 11.7. The molecule has 0 saturated carbocycles. The van der Waals surface area contributed by atoms with E-state index in [4.69, 9.17) is 5.73 Å². The molecule has 0 bridgehead atoms. The second kappa shape index (κ2) is 6.21. The first-order valence-corrected chi connectivity index (χ1v) is 5.67. The van der Waals surface area contributed by atoms with Gasteiger partial charge in [-0.05, 0) is 23.6 Å². The van der Waals surface area contributed by atoms with Crippen molar-refractivity contribution in [2.24, 2.45) is 11.7 Å². The van der Waals surface area contributed by atoms with E-state index in [0.29, 0.717) is 18.0 Å². The highest BCUT2D eigenvalue weighted by Gasteiger charge is 2.04. The molecule has 0 aliphatic rings.